The zero-order chi connectivity index (χ0) is 14.3. The molecule has 3 rings (SSSR count). The fourth-order valence-electron chi connectivity index (χ4n) is 3.42. The summed E-state index contributed by atoms with van der Waals surface area (Å²) in [5.41, 5.74) is 0.402. The normalized spacial score (nSPS) is 34.1. The van der Waals surface area contributed by atoms with Crippen LogP contribution in [0.25, 0.3) is 0 Å². The first-order valence-electron chi connectivity index (χ1n) is 6.92. The third kappa shape index (κ3) is 1.89. The second kappa shape index (κ2) is 4.59. The van der Waals surface area contributed by atoms with Crippen molar-refractivity contribution in [3.8, 4) is 0 Å². The van der Waals surface area contributed by atoms with Crippen molar-refractivity contribution in [3.63, 3.8) is 0 Å². The van der Waals surface area contributed by atoms with E-state index >= 15 is 0 Å². The molecule has 2 saturated heterocycles. The molecule has 0 saturated carbocycles. The average Bonchev–Trinajstić information content (AvgIpc) is 2.71. The Labute approximate surface area is 118 Å². The van der Waals surface area contributed by atoms with Crippen molar-refractivity contribution in [2.45, 2.75) is 24.9 Å². The van der Waals surface area contributed by atoms with Gasteiger partial charge in [0.15, 0.2) is 0 Å². The number of carbonyl (C=O) groups excluding carboxylic acids is 2. The Kier molecular flexibility index (Phi) is 3.01. The summed E-state index contributed by atoms with van der Waals surface area (Å²) in [5.74, 6) is -0.108. The highest BCUT2D eigenvalue weighted by atomic mass is 16.2. The number of rotatable bonds is 1. The van der Waals surface area contributed by atoms with Crippen LogP contribution in [0, 0.1) is 5.92 Å². The smallest absolute Gasteiger partial charge is 0.322 e. The quantitative estimate of drug-likeness (QED) is 0.758. The van der Waals surface area contributed by atoms with E-state index in [1.54, 1.807) is 0 Å². The van der Waals surface area contributed by atoms with E-state index in [1.807, 2.05) is 25.1 Å². The highest BCUT2D eigenvalue weighted by Crippen LogP contribution is 2.40. The molecule has 2 fully saturated rings. The van der Waals surface area contributed by atoms with Gasteiger partial charge < -0.3 is 5.32 Å². The van der Waals surface area contributed by atoms with E-state index in [1.165, 1.54) is 5.56 Å². The number of amides is 3. The summed E-state index contributed by atoms with van der Waals surface area (Å²) in [6, 6.07) is 9.88. The Morgan fingerprint density at radius 1 is 1.25 bits per heavy atom. The van der Waals surface area contributed by atoms with Crippen molar-refractivity contribution in [3.05, 3.63) is 35.9 Å². The summed E-state index contributed by atoms with van der Waals surface area (Å²) < 4.78 is 0. The molecule has 0 bridgehead atoms. The number of nitrogens with one attached hydrogen (secondary N) is 2. The standard InChI is InChI=1S/C15H19N3O2/c1-10-9-18(2)12(11-6-4-3-5-7-11)8-15(10)13(19)16-14(20)17-15/h3-7,10,12H,8-9H2,1-2H3,(H2,16,17,19,20)/t10-,12+,15+/m0/s1. The average molecular weight is 273 g/mol. The molecule has 0 aromatic heterocycles. The summed E-state index contributed by atoms with van der Waals surface area (Å²) in [6.45, 7) is 2.79. The van der Waals surface area contributed by atoms with Crippen LogP contribution in [0.3, 0.4) is 0 Å². The second-order valence-corrected chi connectivity index (χ2v) is 5.85. The minimum Gasteiger partial charge on any atom is -0.323 e. The van der Waals surface area contributed by atoms with Gasteiger partial charge in [-0.1, -0.05) is 37.3 Å². The maximum atomic E-state index is 12.2. The summed E-state index contributed by atoms with van der Waals surface area (Å²) in [5, 5.41) is 5.25. The summed E-state index contributed by atoms with van der Waals surface area (Å²) in [6.07, 6.45) is 0.603. The van der Waals surface area contributed by atoms with Crippen LogP contribution >= 0.6 is 0 Å². The molecule has 106 valence electrons. The minimum atomic E-state index is -0.774. The molecule has 0 unspecified atom stereocenters. The van der Waals surface area contributed by atoms with Gasteiger partial charge in [0.05, 0.1) is 0 Å². The molecule has 2 aliphatic heterocycles. The number of hydrogen-bond acceptors (Lipinski definition) is 3. The molecular formula is C15H19N3O2. The maximum Gasteiger partial charge on any atom is 0.322 e. The Hall–Kier alpha value is -1.88. The topological polar surface area (TPSA) is 61.4 Å². The van der Waals surface area contributed by atoms with E-state index in [0.29, 0.717) is 6.42 Å². The second-order valence-electron chi connectivity index (χ2n) is 5.85. The fraction of sp³-hybridized carbons (Fsp3) is 0.467. The lowest BCUT2D eigenvalue weighted by atomic mass is 9.74. The molecule has 2 heterocycles. The lowest BCUT2D eigenvalue weighted by Crippen LogP contribution is -2.60. The van der Waals surface area contributed by atoms with Crippen molar-refractivity contribution in [1.82, 2.24) is 15.5 Å². The number of hydrogen-bond donors (Lipinski definition) is 2. The van der Waals surface area contributed by atoms with Gasteiger partial charge in [0.25, 0.3) is 5.91 Å². The molecule has 3 atom stereocenters. The van der Waals surface area contributed by atoms with Gasteiger partial charge >= 0.3 is 6.03 Å². The molecular weight excluding hydrogens is 254 g/mol. The van der Waals surface area contributed by atoms with E-state index in [-0.39, 0.29) is 23.9 Å². The number of benzene rings is 1. The van der Waals surface area contributed by atoms with Gasteiger partial charge in [-0.25, -0.2) is 4.79 Å². The fourth-order valence-corrected chi connectivity index (χ4v) is 3.42. The highest BCUT2D eigenvalue weighted by molar-refractivity contribution is 6.07. The molecule has 2 N–H and O–H groups in total. The summed E-state index contributed by atoms with van der Waals surface area (Å²) in [4.78, 5) is 26.0. The molecule has 20 heavy (non-hydrogen) atoms. The Bertz CT molecular complexity index is 545. The number of nitrogens with zero attached hydrogens (tertiary/aromatic N) is 1. The van der Waals surface area contributed by atoms with Crippen LogP contribution in [0.4, 0.5) is 4.79 Å². The Morgan fingerprint density at radius 2 is 1.95 bits per heavy atom. The van der Waals surface area contributed by atoms with Gasteiger partial charge in [0.2, 0.25) is 0 Å². The van der Waals surface area contributed by atoms with Crippen molar-refractivity contribution < 1.29 is 9.59 Å². The van der Waals surface area contributed by atoms with Gasteiger partial charge in [-0.15, -0.1) is 0 Å². The lowest BCUT2D eigenvalue weighted by Gasteiger charge is -2.46. The number of piperidine rings is 1. The minimum absolute atomic E-state index is 0.0823. The molecule has 3 amide bonds. The highest BCUT2D eigenvalue weighted by Gasteiger charge is 2.54. The predicted molar refractivity (Wildman–Crippen MR) is 75.0 cm³/mol. The van der Waals surface area contributed by atoms with E-state index in [9.17, 15) is 9.59 Å². The molecule has 0 aliphatic carbocycles. The monoisotopic (exact) mass is 273 g/mol. The van der Waals surface area contributed by atoms with Crippen LogP contribution in [0.15, 0.2) is 30.3 Å². The summed E-state index contributed by atoms with van der Waals surface area (Å²) >= 11 is 0. The zero-order valence-corrected chi connectivity index (χ0v) is 11.7. The van der Waals surface area contributed by atoms with Crippen molar-refractivity contribution >= 4 is 11.9 Å². The van der Waals surface area contributed by atoms with Crippen LogP contribution in [-0.2, 0) is 4.79 Å². The third-order valence-corrected chi connectivity index (χ3v) is 4.60. The van der Waals surface area contributed by atoms with Crippen LogP contribution in [0.5, 0.6) is 0 Å². The van der Waals surface area contributed by atoms with E-state index in [2.05, 4.69) is 34.7 Å². The largest absolute Gasteiger partial charge is 0.323 e. The molecule has 1 aromatic rings. The van der Waals surface area contributed by atoms with Gasteiger partial charge in [0.1, 0.15) is 5.54 Å². The lowest BCUT2D eigenvalue weighted by molar-refractivity contribution is -0.128. The Balaban J connectivity index is 1.95. The SMILES string of the molecule is C[C@H]1CN(C)[C@@H](c2ccccc2)C[C@@]12NC(=O)NC2=O. The molecule has 5 heteroatoms. The third-order valence-electron chi connectivity index (χ3n) is 4.60. The number of carbonyl (C=O) groups is 2. The molecule has 0 radical (unpaired) electrons. The molecule has 1 spiro atoms. The molecule has 2 aliphatic rings. The van der Waals surface area contributed by atoms with Gasteiger partial charge in [-0.2, -0.15) is 0 Å². The first-order chi connectivity index (χ1) is 9.53. The number of likely N-dealkylation sites (tertiary alicyclic amines) is 1. The van der Waals surface area contributed by atoms with Crippen molar-refractivity contribution in [1.29, 1.82) is 0 Å². The van der Waals surface area contributed by atoms with Crippen molar-refractivity contribution in [2.24, 2.45) is 5.92 Å². The molecule has 5 nitrogen and oxygen atoms in total. The van der Waals surface area contributed by atoms with Crippen LogP contribution in [0.1, 0.15) is 24.9 Å². The zero-order valence-electron chi connectivity index (χ0n) is 11.7. The maximum absolute atomic E-state index is 12.2. The molecule has 1 aromatic carbocycles. The van der Waals surface area contributed by atoms with E-state index < -0.39 is 5.54 Å². The van der Waals surface area contributed by atoms with Crippen LogP contribution in [-0.4, -0.2) is 36.0 Å². The van der Waals surface area contributed by atoms with Crippen molar-refractivity contribution in [2.75, 3.05) is 13.6 Å². The van der Waals surface area contributed by atoms with Crippen LogP contribution in [0.2, 0.25) is 0 Å². The van der Waals surface area contributed by atoms with Gasteiger partial charge in [0, 0.05) is 18.5 Å². The van der Waals surface area contributed by atoms with E-state index in [4.69, 9.17) is 0 Å². The Morgan fingerprint density at radius 3 is 2.55 bits per heavy atom. The van der Waals surface area contributed by atoms with Gasteiger partial charge in [-0.3, -0.25) is 15.0 Å². The predicted octanol–water partition coefficient (Wildman–Crippen LogP) is 1.28. The first-order valence-corrected chi connectivity index (χ1v) is 6.92. The first kappa shape index (κ1) is 13.1. The number of imide groups is 1. The summed E-state index contributed by atoms with van der Waals surface area (Å²) in [7, 11) is 2.07. The van der Waals surface area contributed by atoms with Crippen LogP contribution < -0.4 is 10.6 Å². The van der Waals surface area contributed by atoms with E-state index in [0.717, 1.165) is 6.54 Å². The number of urea groups is 1. The van der Waals surface area contributed by atoms with Gasteiger partial charge in [-0.05, 0) is 19.0 Å².